The van der Waals surface area contributed by atoms with Crippen molar-refractivity contribution in [1.82, 2.24) is 0 Å². The predicted octanol–water partition coefficient (Wildman–Crippen LogP) is -0.480. The quantitative estimate of drug-likeness (QED) is 0.615. The number of rotatable bonds is 3. The number of nitrogens with two attached hydrogens (primary N) is 1. The fraction of sp³-hybridized carbons (Fsp3) is 0.273. The first-order chi connectivity index (χ1) is 8.11. The summed E-state index contributed by atoms with van der Waals surface area (Å²) in [4.78, 5) is 22.8. The molecule has 17 heavy (non-hydrogen) atoms. The molecule has 0 saturated heterocycles. The van der Waals surface area contributed by atoms with Crippen molar-refractivity contribution in [2.75, 3.05) is 18.5 Å². The molecule has 6 heteroatoms. The Morgan fingerprint density at radius 1 is 1.59 bits per heavy atom. The van der Waals surface area contributed by atoms with E-state index in [1.807, 2.05) is 0 Å². The highest BCUT2D eigenvalue weighted by Crippen LogP contribution is 2.28. The number of anilines is 1. The summed E-state index contributed by atoms with van der Waals surface area (Å²) < 4.78 is 5.15. The lowest BCUT2D eigenvalue weighted by molar-refractivity contribution is -0.118. The lowest BCUT2D eigenvalue weighted by Gasteiger charge is -2.18. The van der Waals surface area contributed by atoms with Gasteiger partial charge in [-0.15, -0.1) is 0 Å². The van der Waals surface area contributed by atoms with Gasteiger partial charge in [0.1, 0.15) is 11.9 Å². The zero-order valence-corrected chi connectivity index (χ0v) is 8.97. The SMILES string of the molecule is NCC(O)C(=O)c1ccc2c(c1)NC(=O)CO2. The zero-order valence-electron chi connectivity index (χ0n) is 8.97. The van der Waals surface area contributed by atoms with Gasteiger partial charge in [-0.2, -0.15) is 0 Å². The van der Waals surface area contributed by atoms with E-state index in [0.29, 0.717) is 11.4 Å². The first-order valence-electron chi connectivity index (χ1n) is 5.11. The molecule has 1 aliphatic heterocycles. The molecule has 4 N–H and O–H groups in total. The van der Waals surface area contributed by atoms with Gasteiger partial charge < -0.3 is 20.9 Å². The van der Waals surface area contributed by atoms with Crippen LogP contribution in [0.4, 0.5) is 5.69 Å². The highest BCUT2D eigenvalue weighted by molar-refractivity contribution is 6.02. The summed E-state index contributed by atoms with van der Waals surface area (Å²) in [6.07, 6.45) is -1.23. The zero-order chi connectivity index (χ0) is 12.4. The number of aliphatic hydroxyl groups is 1. The Balaban J connectivity index is 2.30. The van der Waals surface area contributed by atoms with Crippen LogP contribution in [-0.4, -0.2) is 36.1 Å². The lowest BCUT2D eigenvalue weighted by Crippen LogP contribution is -2.30. The number of nitrogens with one attached hydrogen (secondary N) is 1. The smallest absolute Gasteiger partial charge is 0.262 e. The molecule has 1 atom stereocenters. The van der Waals surface area contributed by atoms with Gasteiger partial charge in [0.05, 0.1) is 5.69 Å². The van der Waals surface area contributed by atoms with Crippen LogP contribution in [0.15, 0.2) is 18.2 Å². The van der Waals surface area contributed by atoms with Crippen molar-refractivity contribution in [1.29, 1.82) is 0 Å². The van der Waals surface area contributed by atoms with E-state index in [2.05, 4.69) is 5.32 Å². The molecule has 1 aliphatic rings. The molecule has 0 radical (unpaired) electrons. The van der Waals surface area contributed by atoms with E-state index in [9.17, 15) is 14.7 Å². The maximum Gasteiger partial charge on any atom is 0.262 e. The predicted molar refractivity (Wildman–Crippen MR) is 60.0 cm³/mol. The fourth-order valence-corrected chi connectivity index (χ4v) is 1.54. The summed E-state index contributed by atoms with van der Waals surface area (Å²) >= 11 is 0. The second kappa shape index (κ2) is 4.52. The molecule has 0 aliphatic carbocycles. The standard InChI is InChI=1S/C11H12N2O4/c12-4-8(14)11(16)6-1-2-9-7(3-6)13-10(15)5-17-9/h1-3,8,14H,4-5,12H2,(H,13,15). The topological polar surface area (TPSA) is 102 Å². The number of carbonyl (C=O) groups is 2. The monoisotopic (exact) mass is 236 g/mol. The van der Waals surface area contributed by atoms with E-state index in [1.165, 1.54) is 12.1 Å². The number of benzene rings is 1. The van der Waals surface area contributed by atoms with Gasteiger partial charge in [0.2, 0.25) is 0 Å². The van der Waals surface area contributed by atoms with Crippen LogP contribution in [-0.2, 0) is 4.79 Å². The van der Waals surface area contributed by atoms with Crippen LogP contribution in [0.2, 0.25) is 0 Å². The minimum absolute atomic E-state index is 0.0360. The fourth-order valence-electron chi connectivity index (χ4n) is 1.54. The van der Waals surface area contributed by atoms with E-state index in [0.717, 1.165) is 0 Å². The number of ether oxygens (including phenoxy) is 1. The maximum atomic E-state index is 11.7. The Hall–Kier alpha value is -1.92. The van der Waals surface area contributed by atoms with Gasteiger partial charge in [0, 0.05) is 12.1 Å². The highest BCUT2D eigenvalue weighted by atomic mass is 16.5. The number of aliphatic hydroxyl groups excluding tert-OH is 1. The van der Waals surface area contributed by atoms with Crippen molar-refractivity contribution in [3.8, 4) is 5.75 Å². The van der Waals surface area contributed by atoms with Crippen LogP contribution in [0.25, 0.3) is 0 Å². The summed E-state index contributed by atoms with van der Waals surface area (Å²) in [5.41, 5.74) is 5.92. The number of amides is 1. The van der Waals surface area contributed by atoms with Gasteiger partial charge in [-0.25, -0.2) is 0 Å². The average molecular weight is 236 g/mol. The number of hydrogen-bond donors (Lipinski definition) is 3. The molecule has 0 bridgehead atoms. The lowest BCUT2D eigenvalue weighted by atomic mass is 10.0. The largest absolute Gasteiger partial charge is 0.482 e. The van der Waals surface area contributed by atoms with Crippen molar-refractivity contribution >= 4 is 17.4 Å². The van der Waals surface area contributed by atoms with Crippen molar-refractivity contribution in [3.63, 3.8) is 0 Å². The Bertz CT molecular complexity index is 473. The van der Waals surface area contributed by atoms with Crippen LogP contribution < -0.4 is 15.8 Å². The Morgan fingerprint density at radius 3 is 3.06 bits per heavy atom. The van der Waals surface area contributed by atoms with Crippen LogP contribution in [0.5, 0.6) is 5.75 Å². The van der Waals surface area contributed by atoms with Crippen LogP contribution in [0, 0.1) is 0 Å². The summed E-state index contributed by atoms with van der Waals surface area (Å²) in [6, 6.07) is 4.57. The number of hydrogen-bond acceptors (Lipinski definition) is 5. The van der Waals surface area contributed by atoms with Gasteiger partial charge in [0.25, 0.3) is 5.91 Å². The summed E-state index contributed by atoms with van der Waals surface area (Å²) in [7, 11) is 0. The Morgan fingerprint density at radius 2 is 2.35 bits per heavy atom. The number of Topliss-reactive ketones (excluding diaryl/α,β-unsaturated/α-hetero) is 1. The van der Waals surface area contributed by atoms with Crippen LogP contribution in [0.1, 0.15) is 10.4 Å². The minimum Gasteiger partial charge on any atom is -0.482 e. The molecule has 1 amide bonds. The summed E-state index contributed by atoms with van der Waals surface area (Å²) in [6.45, 7) is -0.176. The number of fused-ring (bicyclic) bond motifs is 1. The van der Waals surface area contributed by atoms with E-state index < -0.39 is 11.9 Å². The highest BCUT2D eigenvalue weighted by Gasteiger charge is 2.20. The first kappa shape index (κ1) is 11.6. The van der Waals surface area contributed by atoms with Crippen molar-refractivity contribution in [3.05, 3.63) is 23.8 Å². The van der Waals surface area contributed by atoms with E-state index in [1.54, 1.807) is 6.07 Å². The van der Waals surface area contributed by atoms with Gasteiger partial charge in [-0.1, -0.05) is 0 Å². The first-order valence-corrected chi connectivity index (χ1v) is 5.11. The summed E-state index contributed by atoms with van der Waals surface area (Å²) in [5.74, 6) is -0.250. The van der Waals surface area contributed by atoms with Crippen molar-refractivity contribution in [2.24, 2.45) is 5.73 Å². The third-order valence-electron chi connectivity index (χ3n) is 2.42. The molecule has 1 heterocycles. The molecule has 6 nitrogen and oxygen atoms in total. The average Bonchev–Trinajstić information content (AvgIpc) is 2.36. The molecule has 90 valence electrons. The maximum absolute atomic E-state index is 11.7. The van der Waals surface area contributed by atoms with Crippen LogP contribution in [0.3, 0.4) is 0 Å². The van der Waals surface area contributed by atoms with Gasteiger partial charge in [0.15, 0.2) is 12.4 Å². The molecular formula is C11H12N2O4. The van der Waals surface area contributed by atoms with Gasteiger partial charge in [-0.05, 0) is 18.2 Å². The normalized spacial score (nSPS) is 15.5. The summed E-state index contributed by atoms with van der Waals surface area (Å²) in [5, 5.41) is 11.9. The van der Waals surface area contributed by atoms with Crippen molar-refractivity contribution in [2.45, 2.75) is 6.10 Å². The molecule has 0 aromatic heterocycles. The molecule has 1 aromatic rings. The minimum atomic E-state index is -1.23. The third kappa shape index (κ3) is 2.27. The van der Waals surface area contributed by atoms with Gasteiger partial charge >= 0.3 is 0 Å². The van der Waals surface area contributed by atoms with Crippen LogP contribution >= 0.6 is 0 Å². The number of ketones is 1. The molecule has 0 spiro atoms. The Kier molecular flexibility index (Phi) is 3.08. The number of carbonyl (C=O) groups excluding carboxylic acids is 2. The van der Waals surface area contributed by atoms with E-state index in [4.69, 9.17) is 10.5 Å². The van der Waals surface area contributed by atoms with Gasteiger partial charge in [-0.3, -0.25) is 9.59 Å². The van der Waals surface area contributed by atoms with E-state index in [-0.39, 0.29) is 24.6 Å². The van der Waals surface area contributed by atoms with Crippen molar-refractivity contribution < 1.29 is 19.4 Å². The molecule has 2 rings (SSSR count). The second-order valence-electron chi connectivity index (χ2n) is 3.66. The molecule has 0 saturated carbocycles. The molecule has 0 fully saturated rings. The second-order valence-corrected chi connectivity index (χ2v) is 3.66. The van der Waals surface area contributed by atoms with E-state index >= 15 is 0 Å². The molecular weight excluding hydrogens is 224 g/mol. The third-order valence-corrected chi connectivity index (χ3v) is 2.42. The Labute approximate surface area is 97.4 Å². The molecule has 1 unspecified atom stereocenters. The molecule has 1 aromatic carbocycles.